The SMILES string of the molecule is COc1cc(Br)c(C(=O)c2cccc(C)c2F)c(OC)c1. The Hall–Kier alpha value is -1.88. The van der Waals surface area contributed by atoms with E-state index in [1.165, 1.54) is 20.3 Å². The zero-order chi connectivity index (χ0) is 15.6. The molecular formula is C16H14BrFO3. The molecule has 5 heteroatoms. The van der Waals surface area contributed by atoms with Crippen molar-refractivity contribution in [1.29, 1.82) is 0 Å². The Morgan fingerprint density at radius 3 is 2.52 bits per heavy atom. The number of ether oxygens (including phenoxy) is 2. The Morgan fingerprint density at radius 2 is 1.90 bits per heavy atom. The molecule has 0 aliphatic carbocycles. The van der Waals surface area contributed by atoms with E-state index < -0.39 is 11.6 Å². The van der Waals surface area contributed by atoms with Crippen molar-refractivity contribution in [3.05, 3.63) is 57.3 Å². The molecule has 0 aliphatic heterocycles. The van der Waals surface area contributed by atoms with Crippen LogP contribution < -0.4 is 9.47 Å². The van der Waals surface area contributed by atoms with Crippen molar-refractivity contribution in [1.82, 2.24) is 0 Å². The summed E-state index contributed by atoms with van der Waals surface area (Å²) in [5.74, 6) is -0.0954. The lowest BCUT2D eigenvalue weighted by Gasteiger charge is -2.13. The van der Waals surface area contributed by atoms with E-state index >= 15 is 0 Å². The maximum Gasteiger partial charge on any atom is 0.200 e. The fourth-order valence-electron chi connectivity index (χ4n) is 2.01. The molecule has 3 nitrogen and oxygen atoms in total. The number of ketones is 1. The molecule has 21 heavy (non-hydrogen) atoms. The largest absolute Gasteiger partial charge is 0.497 e. The Bertz CT molecular complexity index is 698. The lowest BCUT2D eigenvalue weighted by Crippen LogP contribution is -2.08. The minimum Gasteiger partial charge on any atom is -0.497 e. The second-order valence-corrected chi connectivity index (χ2v) is 5.31. The van der Waals surface area contributed by atoms with E-state index in [0.717, 1.165) is 0 Å². The summed E-state index contributed by atoms with van der Waals surface area (Å²) in [7, 11) is 2.97. The molecule has 0 heterocycles. The van der Waals surface area contributed by atoms with Crippen molar-refractivity contribution in [2.24, 2.45) is 0 Å². The topological polar surface area (TPSA) is 35.5 Å². The van der Waals surface area contributed by atoms with Gasteiger partial charge in [-0.3, -0.25) is 4.79 Å². The summed E-state index contributed by atoms with van der Waals surface area (Å²) >= 11 is 3.32. The maximum absolute atomic E-state index is 14.1. The highest BCUT2D eigenvalue weighted by Gasteiger charge is 2.22. The highest BCUT2D eigenvalue weighted by atomic mass is 79.9. The monoisotopic (exact) mass is 352 g/mol. The molecule has 2 aromatic carbocycles. The second kappa shape index (κ2) is 6.26. The molecule has 0 amide bonds. The molecule has 0 aromatic heterocycles. The summed E-state index contributed by atoms with van der Waals surface area (Å²) in [6.45, 7) is 1.62. The molecule has 0 saturated heterocycles. The third-order valence-electron chi connectivity index (χ3n) is 3.15. The number of halogens is 2. The maximum atomic E-state index is 14.1. The van der Waals surface area contributed by atoms with Crippen LogP contribution in [0.1, 0.15) is 21.5 Å². The Balaban J connectivity index is 2.60. The van der Waals surface area contributed by atoms with Gasteiger partial charge in [-0.25, -0.2) is 4.39 Å². The van der Waals surface area contributed by atoms with Gasteiger partial charge < -0.3 is 9.47 Å². The number of carbonyl (C=O) groups excluding carboxylic acids is 1. The minimum absolute atomic E-state index is 0.0131. The molecule has 0 saturated carbocycles. The molecule has 2 rings (SSSR count). The van der Waals surface area contributed by atoms with E-state index in [2.05, 4.69) is 15.9 Å². The van der Waals surface area contributed by atoms with Gasteiger partial charge >= 0.3 is 0 Å². The van der Waals surface area contributed by atoms with Crippen LogP contribution in [0.25, 0.3) is 0 Å². The third-order valence-corrected chi connectivity index (χ3v) is 3.77. The Labute approximate surface area is 130 Å². The van der Waals surface area contributed by atoms with Crippen LogP contribution in [0.5, 0.6) is 11.5 Å². The Morgan fingerprint density at radius 1 is 1.19 bits per heavy atom. The molecular weight excluding hydrogens is 339 g/mol. The van der Waals surface area contributed by atoms with E-state index in [1.54, 1.807) is 31.2 Å². The predicted octanol–water partition coefficient (Wildman–Crippen LogP) is 4.14. The van der Waals surface area contributed by atoms with Gasteiger partial charge in [0.25, 0.3) is 0 Å². The van der Waals surface area contributed by atoms with Crippen LogP contribution in [0.2, 0.25) is 0 Å². The lowest BCUT2D eigenvalue weighted by atomic mass is 10.00. The summed E-state index contributed by atoms with van der Waals surface area (Å²) in [6.07, 6.45) is 0. The fraction of sp³-hybridized carbons (Fsp3) is 0.188. The fourth-order valence-corrected chi connectivity index (χ4v) is 2.62. The first kappa shape index (κ1) is 15.5. The highest BCUT2D eigenvalue weighted by Crippen LogP contribution is 2.34. The van der Waals surface area contributed by atoms with Crippen LogP contribution in [0.4, 0.5) is 4.39 Å². The zero-order valence-electron chi connectivity index (χ0n) is 11.9. The summed E-state index contributed by atoms with van der Waals surface area (Å²) < 4.78 is 25.0. The number of hydrogen-bond acceptors (Lipinski definition) is 3. The minimum atomic E-state index is -0.521. The molecule has 0 atom stereocenters. The van der Waals surface area contributed by atoms with Gasteiger partial charge in [0, 0.05) is 10.5 Å². The van der Waals surface area contributed by atoms with E-state index in [4.69, 9.17) is 9.47 Å². The van der Waals surface area contributed by atoms with Crippen LogP contribution in [-0.2, 0) is 0 Å². The normalized spacial score (nSPS) is 10.3. The molecule has 110 valence electrons. The molecule has 0 bridgehead atoms. The van der Waals surface area contributed by atoms with Crippen molar-refractivity contribution in [3.63, 3.8) is 0 Å². The third kappa shape index (κ3) is 2.93. The highest BCUT2D eigenvalue weighted by molar-refractivity contribution is 9.10. The number of aryl methyl sites for hydroxylation is 1. The van der Waals surface area contributed by atoms with E-state index in [9.17, 15) is 9.18 Å². The average Bonchev–Trinajstić information content (AvgIpc) is 2.48. The molecule has 2 aromatic rings. The predicted molar refractivity (Wildman–Crippen MR) is 81.8 cm³/mol. The summed E-state index contributed by atoms with van der Waals surface area (Å²) in [5, 5.41) is 0. The van der Waals surface area contributed by atoms with Gasteiger partial charge in [0.1, 0.15) is 17.3 Å². The number of benzene rings is 2. The quantitative estimate of drug-likeness (QED) is 0.775. The van der Waals surface area contributed by atoms with E-state index in [1.807, 2.05) is 0 Å². The van der Waals surface area contributed by atoms with Gasteiger partial charge in [-0.15, -0.1) is 0 Å². The summed E-state index contributed by atoms with van der Waals surface area (Å²) in [4.78, 5) is 12.6. The van der Waals surface area contributed by atoms with E-state index in [-0.39, 0.29) is 11.1 Å². The summed E-state index contributed by atoms with van der Waals surface area (Å²) in [5.41, 5.74) is 0.700. The summed E-state index contributed by atoms with van der Waals surface area (Å²) in [6, 6.07) is 7.96. The van der Waals surface area contributed by atoms with Crippen molar-refractivity contribution in [3.8, 4) is 11.5 Å². The number of methoxy groups -OCH3 is 2. The van der Waals surface area contributed by atoms with Gasteiger partial charge in [0.05, 0.1) is 25.3 Å². The number of rotatable bonds is 4. The van der Waals surface area contributed by atoms with Crippen molar-refractivity contribution < 1.29 is 18.7 Å². The Kier molecular flexibility index (Phi) is 4.63. The standard InChI is InChI=1S/C16H14BrFO3/c1-9-5-4-6-11(15(9)18)16(19)14-12(17)7-10(20-2)8-13(14)21-3/h4-8H,1-3H3. The molecule has 0 radical (unpaired) electrons. The number of hydrogen-bond donors (Lipinski definition) is 0. The smallest absolute Gasteiger partial charge is 0.200 e. The molecule has 0 spiro atoms. The van der Waals surface area contributed by atoms with Crippen LogP contribution in [0, 0.1) is 12.7 Å². The first-order chi connectivity index (χ1) is 9.99. The van der Waals surface area contributed by atoms with Crippen molar-refractivity contribution >= 4 is 21.7 Å². The van der Waals surface area contributed by atoms with Crippen molar-refractivity contribution in [2.45, 2.75) is 6.92 Å². The van der Waals surface area contributed by atoms with Crippen LogP contribution in [0.15, 0.2) is 34.8 Å². The molecule has 0 fully saturated rings. The van der Waals surface area contributed by atoms with E-state index in [0.29, 0.717) is 21.5 Å². The van der Waals surface area contributed by atoms with Crippen molar-refractivity contribution in [2.75, 3.05) is 14.2 Å². The zero-order valence-corrected chi connectivity index (χ0v) is 13.5. The average molecular weight is 353 g/mol. The van der Waals surface area contributed by atoms with Crippen LogP contribution in [-0.4, -0.2) is 20.0 Å². The van der Waals surface area contributed by atoms with Gasteiger partial charge in [-0.1, -0.05) is 12.1 Å². The lowest BCUT2D eigenvalue weighted by molar-refractivity contribution is 0.103. The first-order valence-corrected chi connectivity index (χ1v) is 7.00. The number of carbonyl (C=O) groups is 1. The van der Waals surface area contributed by atoms with Crippen LogP contribution in [0.3, 0.4) is 0 Å². The van der Waals surface area contributed by atoms with Gasteiger partial charge in [0.15, 0.2) is 0 Å². The van der Waals surface area contributed by atoms with Gasteiger partial charge in [-0.05, 0) is 40.5 Å². The molecule has 0 aliphatic rings. The molecule has 0 unspecified atom stereocenters. The van der Waals surface area contributed by atoms with Gasteiger partial charge in [0.2, 0.25) is 5.78 Å². The van der Waals surface area contributed by atoms with Gasteiger partial charge in [-0.2, -0.15) is 0 Å². The first-order valence-electron chi connectivity index (χ1n) is 6.21. The second-order valence-electron chi connectivity index (χ2n) is 4.45. The van der Waals surface area contributed by atoms with Crippen LogP contribution >= 0.6 is 15.9 Å². The molecule has 0 N–H and O–H groups in total.